The third kappa shape index (κ3) is 4.91. The predicted octanol–water partition coefficient (Wildman–Crippen LogP) is 3.15. The van der Waals surface area contributed by atoms with E-state index in [0.29, 0.717) is 12.3 Å². The molecule has 2 heteroatoms. The van der Waals surface area contributed by atoms with Crippen molar-refractivity contribution in [3.8, 4) is 0 Å². The molecule has 0 N–H and O–H groups in total. The van der Waals surface area contributed by atoms with Gasteiger partial charge in [-0.3, -0.25) is 4.79 Å². The fourth-order valence-corrected chi connectivity index (χ4v) is 1.30. The highest BCUT2D eigenvalue weighted by Crippen LogP contribution is 2.15. The Kier molecular flexibility index (Phi) is 6.65. The molecule has 0 aliphatic rings. The molecule has 0 aromatic heterocycles. The van der Waals surface area contributed by atoms with Gasteiger partial charge < -0.3 is 4.74 Å². The molecule has 0 saturated heterocycles. The average molecular weight is 186 g/mol. The first-order chi connectivity index (χ1) is 6.15. The lowest BCUT2D eigenvalue weighted by atomic mass is 10.00. The average Bonchev–Trinajstić information content (AvgIpc) is 2.13. The van der Waals surface area contributed by atoms with Gasteiger partial charge in [0.2, 0.25) is 0 Å². The lowest BCUT2D eigenvalue weighted by Gasteiger charge is -2.21. The molecule has 0 aromatic rings. The maximum Gasteiger partial charge on any atom is 0.306 e. The Bertz CT molecular complexity index is 143. The number of carbonyl (C=O) groups is 1. The van der Waals surface area contributed by atoms with E-state index in [1.165, 1.54) is 0 Å². The highest BCUT2D eigenvalue weighted by Gasteiger charge is 2.17. The van der Waals surface area contributed by atoms with Gasteiger partial charge in [-0.25, -0.2) is 0 Å². The quantitative estimate of drug-likeness (QED) is 0.596. The largest absolute Gasteiger partial charge is 0.462 e. The Morgan fingerprint density at radius 3 is 2.23 bits per heavy atom. The molecule has 0 aliphatic heterocycles. The van der Waals surface area contributed by atoms with Crippen molar-refractivity contribution < 1.29 is 9.53 Å². The molecular formula is C11H22O2. The van der Waals surface area contributed by atoms with Gasteiger partial charge in [-0.15, -0.1) is 0 Å². The minimum Gasteiger partial charge on any atom is -0.462 e. The summed E-state index contributed by atoms with van der Waals surface area (Å²) in [6.07, 6.45) is 3.52. The standard InChI is InChI=1S/C11H22O2/c1-5-8-11(12)13-10(7-3)9(4)6-2/h9-10H,5-8H2,1-4H3. The van der Waals surface area contributed by atoms with Crippen LogP contribution in [0, 0.1) is 5.92 Å². The molecule has 13 heavy (non-hydrogen) atoms. The number of ether oxygens (including phenoxy) is 1. The molecule has 0 saturated carbocycles. The van der Waals surface area contributed by atoms with Crippen LogP contribution in [0.1, 0.15) is 53.4 Å². The summed E-state index contributed by atoms with van der Waals surface area (Å²) in [5.41, 5.74) is 0. The van der Waals surface area contributed by atoms with Gasteiger partial charge in [-0.05, 0) is 18.8 Å². The van der Waals surface area contributed by atoms with E-state index < -0.39 is 0 Å². The van der Waals surface area contributed by atoms with E-state index in [1.54, 1.807) is 0 Å². The van der Waals surface area contributed by atoms with Crippen LogP contribution in [0.3, 0.4) is 0 Å². The normalized spacial score (nSPS) is 15.1. The second-order valence-corrected chi connectivity index (χ2v) is 3.57. The van der Waals surface area contributed by atoms with Crippen LogP contribution in [0.25, 0.3) is 0 Å². The maximum atomic E-state index is 11.2. The molecular weight excluding hydrogens is 164 g/mol. The van der Waals surface area contributed by atoms with Gasteiger partial charge in [0.25, 0.3) is 0 Å². The van der Waals surface area contributed by atoms with Gasteiger partial charge in [-0.1, -0.05) is 34.1 Å². The van der Waals surface area contributed by atoms with Crippen molar-refractivity contribution >= 4 is 5.97 Å². The van der Waals surface area contributed by atoms with Crippen molar-refractivity contribution in [2.75, 3.05) is 0 Å². The Morgan fingerprint density at radius 1 is 1.23 bits per heavy atom. The van der Waals surface area contributed by atoms with E-state index >= 15 is 0 Å². The van der Waals surface area contributed by atoms with Crippen molar-refractivity contribution in [2.45, 2.75) is 59.5 Å². The van der Waals surface area contributed by atoms with Crippen molar-refractivity contribution in [1.82, 2.24) is 0 Å². The van der Waals surface area contributed by atoms with Crippen LogP contribution >= 0.6 is 0 Å². The van der Waals surface area contributed by atoms with Crippen LogP contribution in [0.4, 0.5) is 0 Å². The molecule has 0 spiro atoms. The van der Waals surface area contributed by atoms with Crippen molar-refractivity contribution in [3.63, 3.8) is 0 Å². The molecule has 0 aromatic carbocycles. The zero-order valence-electron chi connectivity index (χ0n) is 9.30. The van der Waals surface area contributed by atoms with Crippen LogP contribution in [0.5, 0.6) is 0 Å². The number of hydrogen-bond donors (Lipinski definition) is 0. The number of rotatable bonds is 6. The summed E-state index contributed by atoms with van der Waals surface area (Å²) in [7, 11) is 0. The van der Waals surface area contributed by atoms with Gasteiger partial charge in [0.1, 0.15) is 6.10 Å². The second kappa shape index (κ2) is 6.93. The zero-order valence-corrected chi connectivity index (χ0v) is 9.30. The highest BCUT2D eigenvalue weighted by atomic mass is 16.5. The van der Waals surface area contributed by atoms with Crippen molar-refractivity contribution in [2.24, 2.45) is 5.92 Å². The molecule has 78 valence electrons. The first kappa shape index (κ1) is 12.5. The van der Waals surface area contributed by atoms with Crippen LogP contribution in [-0.2, 0) is 9.53 Å². The molecule has 0 heterocycles. The van der Waals surface area contributed by atoms with E-state index in [9.17, 15) is 4.79 Å². The molecule has 0 amide bonds. The molecule has 0 aliphatic carbocycles. The van der Waals surface area contributed by atoms with Crippen LogP contribution < -0.4 is 0 Å². The summed E-state index contributed by atoms with van der Waals surface area (Å²) < 4.78 is 5.35. The summed E-state index contributed by atoms with van der Waals surface area (Å²) >= 11 is 0. The monoisotopic (exact) mass is 186 g/mol. The summed E-state index contributed by atoms with van der Waals surface area (Å²) in [6.45, 7) is 8.32. The minimum atomic E-state index is -0.0466. The Hall–Kier alpha value is -0.530. The van der Waals surface area contributed by atoms with E-state index in [0.717, 1.165) is 19.3 Å². The molecule has 0 fully saturated rings. The van der Waals surface area contributed by atoms with Gasteiger partial charge in [0, 0.05) is 6.42 Å². The summed E-state index contributed by atoms with van der Waals surface area (Å²) in [4.78, 5) is 11.2. The Morgan fingerprint density at radius 2 is 1.85 bits per heavy atom. The molecule has 2 unspecified atom stereocenters. The highest BCUT2D eigenvalue weighted by molar-refractivity contribution is 5.69. The van der Waals surface area contributed by atoms with Gasteiger partial charge in [-0.2, -0.15) is 0 Å². The minimum absolute atomic E-state index is 0.0466. The first-order valence-corrected chi connectivity index (χ1v) is 5.35. The van der Waals surface area contributed by atoms with E-state index in [4.69, 9.17) is 4.74 Å². The number of carbonyl (C=O) groups excluding carboxylic acids is 1. The van der Waals surface area contributed by atoms with Crippen LogP contribution in [0.15, 0.2) is 0 Å². The second-order valence-electron chi connectivity index (χ2n) is 3.57. The smallest absolute Gasteiger partial charge is 0.306 e. The van der Waals surface area contributed by atoms with Crippen molar-refractivity contribution in [1.29, 1.82) is 0 Å². The van der Waals surface area contributed by atoms with E-state index in [1.807, 2.05) is 6.92 Å². The summed E-state index contributed by atoms with van der Waals surface area (Å²) in [6, 6.07) is 0. The van der Waals surface area contributed by atoms with E-state index in [2.05, 4.69) is 20.8 Å². The topological polar surface area (TPSA) is 26.3 Å². The lowest BCUT2D eigenvalue weighted by Crippen LogP contribution is -2.24. The zero-order chi connectivity index (χ0) is 10.3. The lowest BCUT2D eigenvalue weighted by molar-refractivity contribution is -0.151. The van der Waals surface area contributed by atoms with Gasteiger partial charge in [0.05, 0.1) is 0 Å². The number of hydrogen-bond acceptors (Lipinski definition) is 2. The predicted molar refractivity (Wildman–Crippen MR) is 54.5 cm³/mol. The number of esters is 1. The first-order valence-electron chi connectivity index (χ1n) is 5.35. The van der Waals surface area contributed by atoms with Crippen LogP contribution in [-0.4, -0.2) is 12.1 Å². The van der Waals surface area contributed by atoms with Crippen molar-refractivity contribution in [3.05, 3.63) is 0 Å². The van der Waals surface area contributed by atoms with Gasteiger partial charge in [0.15, 0.2) is 0 Å². The molecule has 0 bridgehead atoms. The summed E-state index contributed by atoms with van der Waals surface area (Å²) in [5.74, 6) is 0.431. The molecule has 0 rings (SSSR count). The Balaban J connectivity index is 3.89. The van der Waals surface area contributed by atoms with Crippen LogP contribution in [0.2, 0.25) is 0 Å². The third-order valence-electron chi connectivity index (χ3n) is 2.42. The molecule has 2 atom stereocenters. The molecule has 2 nitrogen and oxygen atoms in total. The third-order valence-corrected chi connectivity index (χ3v) is 2.42. The SMILES string of the molecule is CCCC(=O)OC(CC)C(C)CC. The molecule has 0 radical (unpaired) electrons. The summed E-state index contributed by atoms with van der Waals surface area (Å²) in [5, 5.41) is 0. The fourth-order valence-electron chi connectivity index (χ4n) is 1.30. The van der Waals surface area contributed by atoms with E-state index in [-0.39, 0.29) is 12.1 Å². The van der Waals surface area contributed by atoms with Gasteiger partial charge >= 0.3 is 5.97 Å². The maximum absolute atomic E-state index is 11.2. The fraction of sp³-hybridized carbons (Fsp3) is 0.909. The Labute approximate surface area is 81.7 Å².